The van der Waals surface area contributed by atoms with Crippen molar-refractivity contribution < 1.29 is 14.3 Å². The van der Waals surface area contributed by atoms with Crippen LogP contribution in [0, 0.1) is 0 Å². The standard InChI is InChI=1S/C13H23NO3/c1-5-11(15)7-6-9-14-10-8-12(16)17-13(2,3)4/h5,14H,1,6-10H2,2-4H3. The lowest BCUT2D eigenvalue weighted by molar-refractivity contribution is -0.154. The van der Waals surface area contributed by atoms with E-state index in [1.165, 1.54) is 6.08 Å². The second-order valence-electron chi connectivity index (χ2n) is 4.86. The van der Waals surface area contributed by atoms with Crippen LogP contribution in [0.25, 0.3) is 0 Å². The molecule has 0 aromatic carbocycles. The van der Waals surface area contributed by atoms with Gasteiger partial charge in [-0.05, 0) is 39.8 Å². The molecule has 1 N–H and O–H groups in total. The molecule has 0 aromatic heterocycles. The number of allylic oxidation sites excluding steroid dienone is 1. The molecule has 0 aromatic rings. The van der Waals surface area contributed by atoms with E-state index in [4.69, 9.17) is 4.74 Å². The Labute approximate surface area is 103 Å². The van der Waals surface area contributed by atoms with Gasteiger partial charge < -0.3 is 10.1 Å². The number of ether oxygens (including phenoxy) is 1. The van der Waals surface area contributed by atoms with Crippen molar-refractivity contribution in [1.82, 2.24) is 5.32 Å². The lowest BCUT2D eigenvalue weighted by Gasteiger charge is -2.19. The van der Waals surface area contributed by atoms with E-state index in [0.29, 0.717) is 19.4 Å². The minimum absolute atomic E-state index is 0.0546. The maximum Gasteiger partial charge on any atom is 0.307 e. The number of rotatable bonds is 8. The molecular weight excluding hydrogens is 218 g/mol. The fourth-order valence-electron chi connectivity index (χ4n) is 1.20. The van der Waals surface area contributed by atoms with E-state index in [2.05, 4.69) is 11.9 Å². The third-order valence-electron chi connectivity index (χ3n) is 1.93. The third kappa shape index (κ3) is 11.1. The van der Waals surface area contributed by atoms with Crippen LogP contribution < -0.4 is 5.32 Å². The Morgan fingerprint density at radius 2 is 1.88 bits per heavy atom. The maximum atomic E-state index is 11.3. The predicted octanol–water partition coefficient (Wildman–Crippen LogP) is 1.84. The van der Waals surface area contributed by atoms with E-state index in [0.717, 1.165) is 13.0 Å². The molecule has 0 amide bonds. The fourth-order valence-corrected chi connectivity index (χ4v) is 1.20. The maximum absolute atomic E-state index is 11.3. The van der Waals surface area contributed by atoms with Crippen LogP contribution in [0.15, 0.2) is 12.7 Å². The number of ketones is 1. The van der Waals surface area contributed by atoms with E-state index in [9.17, 15) is 9.59 Å². The second-order valence-corrected chi connectivity index (χ2v) is 4.86. The molecule has 0 aliphatic heterocycles. The molecule has 4 nitrogen and oxygen atoms in total. The molecule has 0 fully saturated rings. The summed E-state index contributed by atoms with van der Waals surface area (Å²) in [4.78, 5) is 22.2. The first-order valence-corrected chi connectivity index (χ1v) is 5.93. The van der Waals surface area contributed by atoms with Crippen LogP contribution in [0.2, 0.25) is 0 Å². The molecular formula is C13H23NO3. The van der Waals surface area contributed by atoms with Gasteiger partial charge in [0, 0.05) is 13.0 Å². The molecule has 98 valence electrons. The molecule has 0 unspecified atom stereocenters. The summed E-state index contributed by atoms with van der Waals surface area (Å²) in [6.07, 6.45) is 2.95. The molecule has 0 saturated heterocycles. The normalized spacial score (nSPS) is 11.0. The van der Waals surface area contributed by atoms with Crippen LogP contribution in [0.1, 0.15) is 40.0 Å². The molecule has 4 heteroatoms. The zero-order valence-corrected chi connectivity index (χ0v) is 11.0. The molecule has 0 bridgehead atoms. The first-order chi connectivity index (χ1) is 7.85. The Morgan fingerprint density at radius 3 is 2.41 bits per heavy atom. The Hall–Kier alpha value is -1.16. The van der Waals surface area contributed by atoms with E-state index in [1.807, 2.05) is 20.8 Å². The fraction of sp³-hybridized carbons (Fsp3) is 0.692. The lowest BCUT2D eigenvalue weighted by atomic mass is 10.2. The Bertz CT molecular complexity index is 266. The van der Waals surface area contributed by atoms with Crippen molar-refractivity contribution >= 4 is 11.8 Å². The van der Waals surface area contributed by atoms with Gasteiger partial charge in [-0.15, -0.1) is 0 Å². The molecule has 0 radical (unpaired) electrons. The predicted molar refractivity (Wildman–Crippen MR) is 67.8 cm³/mol. The summed E-state index contributed by atoms with van der Waals surface area (Å²) < 4.78 is 5.15. The van der Waals surface area contributed by atoms with Gasteiger partial charge >= 0.3 is 5.97 Å². The van der Waals surface area contributed by atoms with Gasteiger partial charge in [-0.2, -0.15) is 0 Å². The number of nitrogens with one attached hydrogen (secondary N) is 1. The zero-order valence-electron chi connectivity index (χ0n) is 11.0. The van der Waals surface area contributed by atoms with Gasteiger partial charge in [0.25, 0.3) is 0 Å². The number of hydrogen-bond acceptors (Lipinski definition) is 4. The van der Waals surface area contributed by atoms with Crippen molar-refractivity contribution in [2.45, 2.75) is 45.6 Å². The van der Waals surface area contributed by atoms with Crippen molar-refractivity contribution in [3.05, 3.63) is 12.7 Å². The van der Waals surface area contributed by atoms with Gasteiger partial charge in [0.05, 0.1) is 6.42 Å². The topological polar surface area (TPSA) is 55.4 Å². The van der Waals surface area contributed by atoms with Crippen LogP contribution in [0.4, 0.5) is 0 Å². The molecule has 0 atom stereocenters. The molecule has 0 rings (SSSR count). The molecule has 0 aliphatic carbocycles. The SMILES string of the molecule is C=CC(=O)CCCNCCC(=O)OC(C)(C)C. The van der Waals surface area contributed by atoms with Gasteiger partial charge in [0.1, 0.15) is 5.60 Å². The summed E-state index contributed by atoms with van der Waals surface area (Å²) in [5.74, 6) is -0.147. The highest BCUT2D eigenvalue weighted by Gasteiger charge is 2.15. The Kier molecular flexibility index (Phi) is 7.46. The van der Waals surface area contributed by atoms with Crippen molar-refractivity contribution in [3.8, 4) is 0 Å². The molecule has 0 spiro atoms. The quantitative estimate of drug-likeness (QED) is 0.400. The summed E-state index contributed by atoms with van der Waals surface area (Å²) >= 11 is 0. The molecule has 0 saturated carbocycles. The molecule has 17 heavy (non-hydrogen) atoms. The van der Waals surface area contributed by atoms with E-state index < -0.39 is 5.60 Å². The van der Waals surface area contributed by atoms with Crippen molar-refractivity contribution in [2.24, 2.45) is 0 Å². The van der Waals surface area contributed by atoms with E-state index >= 15 is 0 Å². The minimum Gasteiger partial charge on any atom is -0.460 e. The van der Waals surface area contributed by atoms with E-state index in [-0.39, 0.29) is 11.8 Å². The van der Waals surface area contributed by atoms with Crippen molar-refractivity contribution in [2.75, 3.05) is 13.1 Å². The van der Waals surface area contributed by atoms with Gasteiger partial charge in [0.15, 0.2) is 5.78 Å². The van der Waals surface area contributed by atoms with Crippen molar-refractivity contribution in [1.29, 1.82) is 0 Å². The van der Waals surface area contributed by atoms with E-state index in [1.54, 1.807) is 0 Å². The molecule has 0 aliphatic rings. The Balaban J connectivity index is 3.43. The van der Waals surface area contributed by atoms with Crippen LogP contribution in [-0.4, -0.2) is 30.4 Å². The highest BCUT2D eigenvalue weighted by molar-refractivity contribution is 5.88. The number of carbonyl (C=O) groups is 2. The first kappa shape index (κ1) is 15.8. The van der Waals surface area contributed by atoms with Crippen LogP contribution >= 0.6 is 0 Å². The van der Waals surface area contributed by atoms with Crippen LogP contribution in [0.3, 0.4) is 0 Å². The summed E-state index contributed by atoms with van der Waals surface area (Å²) in [5, 5.41) is 3.09. The van der Waals surface area contributed by atoms with Crippen LogP contribution in [-0.2, 0) is 14.3 Å². The highest BCUT2D eigenvalue weighted by atomic mass is 16.6. The van der Waals surface area contributed by atoms with Gasteiger partial charge in [-0.1, -0.05) is 6.58 Å². The second kappa shape index (κ2) is 8.01. The van der Waals surface area contributed by atoms with Crippen LogP contribution in [0.5, 0.6) is 0 Å². The summed E-state index contributed by atoms with van der Waals surface area (Å²) in [6, 6.07) is 0. The monoisotopic (exact) mass is 241 g/mol. The average molecular weight is 241 g/mol. The average Bonchev–Trinajstić information content (AvgIpc) is 2.20. The van der Waals surface area contributed by atoms with Gasteiger partial charge in [-0.25, -0.2) is 0 Å². The number of carbonyl (C=O) groups excluding carboxylic acids is 2. The number of esters is 1. The van der Waals surface area contributed by atoms with Crippen molar-refractivity contribution in [3.63, 3.8) is 0 Å². The summed E-state index contributed by atoms with van der Waals surface area (Å²) in [6.45, 7) is 10.2. The van der Waals surface area contributed by atoms with Gasteiger partial charge in [0.2, 0.25) is 0 Å². The highest BCUT2D eigenvalue weighted by Crippen LogP contribution is 2.07. The summed E-state index contributed by atoms with van der Waals surface area (Å²) in [5.41, 5.74) is -0.423. The third-order valence-corrected chi connectivity index (χ3v) is 1.93. The summed E-state index contributed by atoms with van der Waals surface area (Å²) in [7, 11) is 0. The lowest BCUT2D eigenvalue weighted by Crippen LogP contribution is -2.27. The largest absolute Gasteiger partial charge is 0.460 e. The number of hydrogen-bond donors (Lipinski definition) is 1. The zero-order chi connectivity index (χ0) is 13.3. The minimum atomic E-state index is -0.423. The molecule has 0 heterocycles. The smallest absolute Gasteiger partial charge is 0.307 e. The first-order valence-electron chi connectivity index (χ1n) is 5.93. The Morgan fingerprint density at radius 1 is 1.24 bits per heavy atom. The van der Waals surface area contributed by atoms with Gasteiger partial charge in [-0.3, -0.25) is 9.59 Å².